The minimum absolute atomic E-state index is 0.0383. The number of likely N-dealkylation sites (N-methyl/N-ethyl adjacent to an activating group) is 1. The first kappa shape index (κ1) is 35.9. The van der Waals surface area contributed by atoms with E-state index in [1.54, 1.807) is 43.0 Å². The highest BCUT2D eigenvalue weighted by atomic mass is 32.2. The lowest BCUT2D eigenvalue weighted by molar-refractivity contribution is -0.131. The second-order valence-corrected chi connectivity index (χ2v) is 14.1. The molecule has 1 aliphatic rings. The minimum atomic E-state index is -4.02. The predicted molar refractivity (Wildman–Crippen MR) is 179 cm³/mol. The van der Waals surface area contributed by atoms with E-state index in [4.69, 9.17) is 9.47 Å². The molecule has 2 N–H and O–H groups in total. The second kappa shape index (κ2) is 16.2. The van der Waals surface area contributed by atoms with E-state index in [0.29, 0.717) is 25.3 Å². The van der Waals surface area contributed by atoms with Gasteiger partial charge in [0.15, 0.2) is 5.03 Å². The Bertz CT molecular complexity index is 1600. The zero-order valence-electron chi connectivity index (χ0n) is 27.8. The van der Waals surface area contributed by atoms with Crippen molar-refractivity contribution < 1.29 is 32.6 Å². The zero-order valence-corrected chi connectivity index (χ0v) is 28.7. The molecule has 0 bridgehead atoms. The number of anilines is 1. The van der Waals surface area contributed by atoms with E-state index < -0.39 is 22.0 Å². The van der Waals surface area contributed by atoms with E-state index in [0.717, 1.165) is 18.4 Å². The van der Waals surface area contributed by atoms with Crippen LogP contribution in [-0.2, 0) is 33.0 Å². The topological polar surface area (TPSA) is 143 Å². The van der Waals surface area contributed by atoms with Crippen LogP contribution in [0.25, 0.3) is 0 Å². The van der Waals surface area contributed by atoms with Gasteiger partial charge in [-0.25, -0.2) is 4.98 Å². The first-order valence-electron chi connectivity index (χ1n) is 16.0. The number of aryl methyl sites for hydroxylation is 1. The third kappa shape index (κ3) is 9.78. The van der Waals surface area contributed by atoms with Gasteiger partial charge in [-0.2, -0.15) is 8.42 Å². The smallest absolute Gasteiger partial charge is 0.280 e. The Morgan fingerprint density at radius 3 is 2.60 bits per heavy atom. The number of carbonyl (C=O) groups excluding carboxylic acids is 2. The molecular weight excluding hydrogens is 622 g/mol. The summed E-state index contributed by atoms with van der Waals surface area (Å²) in [4.78, 5) is 34.6. The summed E-state index contributed by atoms with van der Waals surface area (Å²) in [6.45, 7) is 6.37. The number of carbonyl (C=O) groups is 2. The molecule has 1 aromatic heterocycles. The Hall–Kier alpha value is -3.94. The van der Waals surface area contributed by atoms with Gasteiger partial charge in [0.2, 0.25) is 5.91 Å². The monoisotopic (exact) mass is 669 g/mol. The molecule has 0 spiro atoms. The number of nitrogens with zero attached hydrogens (tertiary/aromatic N) is 4. The number of amides is 2. The number of benzene rings is 2. The third-order valence-corrected chi connectivity index (χ3v) is 9.60. The number of aromatic nitrogens is 2. The molecule has 47 heavy (non-hydrogen) atoms. The molecular formula is C34H47N5O7S. The molecule has 0 saturated carbocycles. The number of sulfonamides is 1. The van der Waals surface area contributed by atoms with Crippen molar-refractivity contribution in [1.29, 1.82) is 0 Å². The van der Waals surface area contributed by atoms with Crippen molar-refractivity contribution in [2.24, 2.45) is 13.0 Å². The Morgan fingerprint density at radius 1 is 1.17 bits per heavy atom. The van der Waals surface area contributed by atoms with Crippen molar-refractivity contribution in [3.63, 3.8) is 0 Å². The molecule has 12 nitrogen and oxygen atoms in total. The number of aliphatic hydroxyl groups excluding tert-OH is 1. The molecule has 0 saturated heterocycles. The van der Waals surface area contributed by atoms with Crippen LogP contribution in [0.3, 0.4) is 0 Å². The predicted octanol–water partition coefficient (Wildman–Crippen LogP) is 3.72. The summed E-state index contributed by atoms with van der Waals surface area (Å²) in [6, 6.07) is 13.6. The van der Waals surface area contributed by atoms with Gasteiger partial charge < -0.3 is 28.9 Å². The van der Waals surface area contributed by atoms with E-state index in [1.165, 1.54) is 23.2 Å². The standard InChI is InChI=1S/C34H47N5O7S/c1-24-19-39(25(2)22-40)34(42)29-18-28(36-47(43,44)32-21-37(4)23-35-32)14-15-30(29)46-26(3)11-9-10-16-45-31(24)20-38(5)33(41)17-27-12-7-6-8-13-27/h6-8,12-15,18,21,23-26,31,36,40H,9-11,16-17,19-20,22H2,1-5H3/t24-,25-,26-,31-/m0/s1. The Morgan fingerprint density at radius 2 is 1.91 bits per heavy atom. The van der Waals surface area contributed by atoms with E-state index in [1.807, 2.05) is 44.2 Å². The Labute approximate surface area is 277 Å². The molecule has 3 aromatic rings. The van der Waals surface area contributed by atoms with Gasteiger partial charge in [0.05, 0.1) is 43.2 Å². The minimum Gasteiger partial charge on any atom is -0.490 e. The van der Waals surface area contributed by atoms with Gasteiger partial charge in [0, 0.05) is 51.6 Å². The summed E-state index contributed by atoms with van der Waals surface area (Å²) < 4.78 is 42.7. The summed E-state index contributed by atoms with van der Waals surface area (Å²) in [5.41, 5.74) is 1.26. The SMILES string of the molecule is C[C@H]1CCCCO[C@@H](CN(C)C(=O)Cc2ccccc2)[C@@H](C)CN([C@@H](C)CO)C(=O)c2cc(NS(=O)(=O)c3cn(C)cn3)ccc2O1. The van der Waals surface area contributed by atoms with Crippen molar-refractivity contribution >= 4 is 27.5 Å². The van der Waals surface area contributed by atoms with Crippen LogP contribution in [0.2, 0.25) is 0 Å². The lowest BCUT2D eigenvalue weighted by atomic mass is 10.0. The van der Waals surface area contributed by atoms with Crippen LogP contribution < -0.4 is 9.46 Å². The number of ether oxygens (including phenoxy) is 2. The van der Waals surface area contributed by atoms with Crippen LogP contribution in [0.5, 0.6) is 5.75 Å². The average Bonchev–Trinajstić information content (AvgIpc) is 3.50. The van der Waals surface area contributed by atoms with Gasteiger partial charge in [-0.3, -0.25) is 14.3 Å². The summed E-state index contributed by atoms with van der Waals surface area (Å²) in [6.07, 6.45) is 4.74. The summed E-state index contributed by atoms with van der Waals surface area (Å²) in [5, 5.41) is 10.0. The van der Waals surface area contributed by atoms with Gasteiger partial charge in [-0.1, -0.05) is 37.3 Å². The van der Waals surface area contributed by atoms with Crippen LogP contribution in [-0.4, -0.2) is 96.3 Å². The Kier molecular flexibility index (Phi) is 12.4. The number of rotatable bonds is 9. The van der Waals surface area contributed by atoms with E-state index in [9.17, 15) is 23.1 Å². The van der Waals surface area contributed by atoms with Crippen LogP contribution in [0.15, 0.2) is 66.1 Å². The molecule has 0 aliphatic carbocycles. The highest BCUT2D eigenvalue weighted by Gasteiger charge is 2.31. The van der Waals surface area contributed by atoms with Crippen molar-refractivity contribution in [3.05, 3.63) is 72.2 Å². The fourth-order valence-electron chi connectivity index (χ4n) is 5.46. The number of hydrogen-bond donors (Lipinski definition) is 2. The third-order valence-electron chi connectivity index (χ3n) is 8.34. The molecule has 13 heteroatoms. The number of imidazole rings is 1. The van der Waals surface area contributed by atoms with E-state index >= 15 is 0 Å². The van der Waals surface area contributed by atoms with Crippen LogP contribution in [0, 0.1) is 5.92 Å². The summed E-state index contributed by atoms with van der Waals surface area (Å²) >= 11 is 0. The number of fused-ring (bicyclic) bond motifs is 1. The second-order valence-electron chi connectivity index (χ2n) is 12.4. The van der Waals surface area contributed by atoms with Gasteiger partial charge >= 0.3 is 0 Å². The maximum absolute atomic E-state index is 14.3. The Balaban J connectivity index is 1.62. The molecule has 0 unspecified atom stereocenters. The average molecular weight is 670 g/mol. The van der Waals surface area contributed by atoms with E-state index in [-0.39, 0.29) is 59.9 Å². The molecule has 2 heterocycles. The first-order valence-corrected chi connectivity index (χ1v) is 17.5. The lowest BCUT2D eigenvalue weighted by Crippen LogP contribution is -2.48. The summed E-state index contributed by atoms with van der Waals surface area (Å²) in [5.74, 6) is -0.369. The van der Waals surface area contributed by atoms with Gasteiger partial charge in [0.25, 0.3) is 15.9 Å². The van der Waals surface area contributed by atoms with Crippen LogP contribution in [0.1, 0.15) is 56.0 Å². The molecule has 0 fully saturated rings. The molecule has 4 atom stereocenters. The van der Waals surface area contributed by atoms with Gasteiger partial charge in [0.1, 0.15) is 5.75 Å². The molecule has 1 aliphatic heterocycles. The van der Waals surface area contributed by atoms with Crippen molar-refractivity contribution in [2.45, 2.75) is 69.7 Å². The lowest BCUT2D eigenvalue weighted by Gasteiger charge is -2.36. The molecule has 256 valence electrons. The molecule has 2 amide bonds. The zero-order chi connectivity index (χ0) is 34.1. The number of aliphatic hydroxyl groups is 1. The largest absolute Gasteiger partial charge is 0.490 e. The van der Waals surface area contributed by atoms with Crippen LogP contribution >= 0.6 is 0 Å². The maximum atomic E-state index is 14.3. The first-order chi connectivity index (χ1) is 22.4. The quantitative estimate of drug-likeness (QED) is 0.351. The number of nitrogens with one attached hydrogen (secondary N) is 1. The number of hydrogen-bond acceptors (Lipinski definition) is 8. The highest BCUT2D eigenvalue weighted by Crippen LogP contribution is 2.29. The van der Waals surface area contributed by atoms with Crippen molar-refractivity contribution in [3.8, 4) is 5.75 Å². The highest BCUT2D eigenvalue weighted by molar-refractivity contribution is 7.92. The normalized spacial score (nSPS) is 20.4. The van der Waals surface area contributed by atoms with Crippen LogP contribution in [0.4, 0.5) is 5.69 Å². The molecule has 2 aromatic carbocycles. The van der Waals surface area contributed by atoms with Crippen molar-refractivity contribution in [1.82, 2.24) is 19.4 Å². The fourth-order valence-corrected chi connectivity index (χ4v) is 6.49. The van der Waals surface area contributed by atoms with Gasteiger partial charge in [-0.15, -0.1) is 0 Å². The molecule has 4 rings (SSSR count). The summed E-state index contributed by atoms with van der Waals surface area (Å²) in [7, 11) is -0.593. The van der Waals surface area contributed by atoms with Gasteiger partial charge in [-0.05, 0) is 56.9 Å². The maximum Gasteiger partial charge on any atom is 0.280 e. The van der Waals surface area contributed by atoms with E-state index in [2.05, 4.69) is 9.71 Å². The fraction of sp³-hybridized carbons (Fsp3) is 0.500. The molecule has 0 radical (unpaired) electrons. The van der Waals surface area contributed by atoms with Crippen molar-refractivity contribution in [2.75, 3.05) is 38.1 Å².